The van der Waals surface area contributed by atoms with Crippen molar-refractivity contribution in [2.24, 2.45) is 0 Å². The van der Waals surface area contributed by atoms with Gasteiger partial charge in [0.05, 0.1) is 12.4 Å². The number of imidazole rings is 1. The molecule has 0 saturated heterocycles. The van der Waals surface area contributed by atoms with Crippen LogP contribution in [0.25, 0.3) is 0 Å². The van der Waals surface area contributed by atoms with Crippen molar-refractivity contribution in [1.29, 1.82) is 0 Å². The van der Waals surface area contributed by atoms with Crippen LogP contribution in [0, 0.1) is 11.6 Å². The summed E-state index contributed by atoms with van der Waals surface area (Å²) in [5.41, 5.74) is 1.47. The Morgan fingerprint density at radius 3 is 2.67 bits per heavy atom. The van der Waals surface area contributed by atoms with Crippen LogP contribution in [-0.2, 0) is 34.4 Å². The Labute approximate surface area is 235 Å². The van der Waals surface area contributed by atoms with E-state index in [0.717, 1.165) is 18.9 Å². The van der Waals surface area contributed by atoms with Crippen molar-refractivity contribution >= 4 is 17.6 Å². The summed E-state index contributed by atoms with van der Waals surface area (Å²) in [6, 6.07) is 11.7. The molecule has 2 amide bonds. The zero-order valence-electron chi connectivity index (χ0n) is 23.7. The molecule has 0 aliphatic heterocycles. The molecule has 0 saturated carbocycles. The third-order valence-corrected chi connectivity index (χ3v) is 7.72. The van der Waals surface area contributed by atoms with E-state index in [-0.39, 0.29) is 17.9 Å². The topological polar surface area (TPSA) is 79.3 Å². The molecule has 7 nitrogen and oxygen atoms in total. The molecule has 0 bridgehead atoms. The number of amides is 2. The molecule has 3 aromatic rings. The lowest BCUT2D eigenvalue weighted by atomic mass is 9.87. The average molecular weight is 552 g/mol. The average Bonchev–Trinajstić information content (AvgIpc) is 3.41. The summed E-state index contributed by atoms with van der Waals surface area (Å²) in [6.07, 6.45) is 6.99. The van der Waals surface area contributed by atoms with E-state index in [0.29, 0.717) is 49.2 Å². The molecule has 0 spiro atoms. The minimum atomic E-state index is -0.901. The van der Waals surface area contributed by atoms with Gasteiger partial charge in [0, 0.05) is 31.9 Å². The van der Waals surface area contributed by atoms with Gasteiger partial charge in [-0.3, -0.25) is 9.59 Å². The van der Waals surface area contributed by atoms with Crippen molar-refractivity contribution in [3.63, 3.8) is 0 Å². The molecular formula is C31H39F2N5O2. The Hall–Kier alpha value is -3.59. The number of benzene rings is 2. The molecule has 1 aromatic heterocycles. The Morgan fingerprint density at radius 2 is 1.95 bits per heavy atom. The number of hydrogen-bond donors (Lipinski definition) is 2. The maximum atomic E-state index is 14.4. The van der Waals surface area contributed by atoms with Crippen molar-refractivity contribution in [3.05, 3.63) is 83.3 Å². The van der Waals surface area contributed by atoms with Gasteiger partial charge in [0.1, 0.15) is 17.2 Å². The van der Waals surface area contributed by atoms with Crippen LogP contribution < -0.4 is 10.6 Å². The molecule has 1 heterocycles. The van der Waals surface area contributed by atoms with Crippen LogP contribution >= 0.6 is 0 Å². The predicted octanol–water partition coefficient (Wildman–Crippen LogP) is 4.85. The van der Waals surface area contributed by atoms with Gasteiger partial charge in [-0.1, -0.05) is 43.7 Å². The van der Waals surface area contributed by atoms with E-state index < -0.39 is 23.2 Å². The fourth-order valence-corrected chi connectivity index (χ4v) is 5.32. The summed E-state index contributed by atoms with van der Waals surface area (Å²) in [4.78, 5) is 32.6. The summed E-state index contributed by atoms with van der Waals surface area (Å²) in [5, 5.41) is 6.27. The molecule has 40 heavy (non-hydrogen) atoms. The highest BCUT2D eigenvalue weighted by Gasteiger charge is 2.33. The molecule has 1 aliphatic rings. The molecule has 2 aromatic carbocycles. The third kappa shape index (κ3) is 6.94. The number of carbonyl (C=O) groups excluding carboxylic acids is 2. The number of fused-ring (bicyclic) bond motifs is 1. The number of aromatic nitrogens is 2. The van der Waals surface area contributed by atoms with Crippen molar-refractivity contribution < 1.29 is 18.4 Å². The van der Waals surface area contributed by atoms with Crippen molar-refractivity contribution in [2.75, 3.05) is 18.9 Å². The second-order valence-corrected chi connectivity index (χ2v) is 11.1. The fourth-order valence-electron chi connectivity index (χ4n) is 5.32. The van der Waals surface area contributed by atoms with Gasteiger partial charge in [-0.05, 0) is 68.7 Å². The normalized spacial score (nSPS) is 15.8. The van der Waals surface area contributed by atoms with Gasteiger partial charge in [0.25, 0.3) is 0 Å². The smallest absolute Gasteiger partial charge is 0.248 e. The fraction of sp³-hybridized carbons (Fsp3) is 0.452. The van der Waals surface area contributed by atoms with Crippen molar-refractivity contribution in [2.45, 2.75) is 76.9 Å². The standard InChI is InChI=1S/C31H39F2N5O2/c1-5-9-27(35-24-13-12-22-16-23(32)17-26(33)25(22)18-24)29(39)36-28-19-38(20-34-28)31(2,3)30(40)37(4)15-14-21-10-7-6-8-11-21/h6-8,10-11,16-17,19-20,24,27,35H,5,9,12-15,18H2,1-4H3,(H,36,39)/t24?,27-/m0/s1. The van der Waals surface area contributed by atoms with Gasteiger partial charge in [0.15, 0.2) is 5.82 Å². The van der Waals surface area contributed by atoms with Gasteiger partial charge >= 0.3 is 0 Å². The summed E-state index contributed by atoms with van der Waals surface area (Å²) in [7, 11) is 1.79. The monoisotopic (exact) mass is 551 g/mol. The molecule has 0 radical (unpaired) electrons. The Morgan fingerprint density at radius 1 is 1.20 bits per heavy atom. The first-order valence-electron chi connectivity index (χ1n) is 14.0. The molecule has 2 atom stereocenters. The van der Waals surface area contributed by atoms with E-state index >= 15 is 0 Å². The van der Waals surface area contributed by atoms with Crippen LogP contribution in [0.15, 0.2) is 55.0 Å². The van der Waals surface area contributed by atoms with Gasteiger partial charge < -0.3 is 20.1 Å². The zero-order chi connectivity index (χ0) is 28.9. The first kappa shape index (κ1) is 29.4. The number of nitrogens with one attached hydrogen (secondary N) is 2. The summed E-state index contributed by atoms with van der Waals surface area (Å²) >= 11 is 0. The maximum absolute atomic E-state index is 14.4. The van der Waals surface area contributed by atoms with Crippen LogP contribution in [-0.4, -0.2) is 51.9 Å². The lowest BCUT2D eigenvalue weighted by Gasteiger charge is -2.30. The molecule has 0 fully saturated rings. The lowest BCUT2D eigenvalue weighted by Crippen LogP contribution is -2.48. The van der Waals surface area contributed by atoms with E-state index in [9.17, 15) is 18.4 Å². The van der Waals surface area contributed by atoms with Gasteiger partial charge in [0.2, 0.25) is 11.8 Å². The van der Waals surface area contributed by atoms with Crippen LogP contribution in [0.1, 0.15) is 56.7 Å². The molecule has 9 heteroatoms. The number of nitrogens with zero attached hydrogens (tertiary/aromatic N) is 3. The van der Waals surface area contributed by atoms with Crippen LogP contribution in [0.3, 0.4) is 0 Å². The first-order chi connectivity index (χ1) is 19.1. The summed E-state index contributed by atoms with van der Waals surface area (Å²) in [5.74, 6) is -1.04. The Bertz CT molecular complexity index is 1320. The second kappa shape index (κ2) is 12.7. The SMILES string of the molecule is CCC[C@H](NC1CCc2cc(F)cc(F)c2C1)C(=O)Nc1cn(C(C)(C)C(=O)N(C)CCc2ccccc2)cn1. The third-order valence-electron chi connectivity index (χ3n) is 7.72. The number of likely N-dealkylation sites (N-methyl/N-ethyl adjacent to an activating group) is 1. The maximum Gasteiger partial charge on any atom is 0.248 e. The van der Waals surface area contributed by atoms with Crippen LogP contribution in [0.4, 0.5) is 14.6 Å². The van der Waals surface area contributed by atoms with E-state index in [1.54, 1.807) is 29.0 Å². The number of aryl methyl sites for hydroxylation is 1. The molecule has 1 unspecified atom stereocenters. The van der Waals surface area contributed by atoms with Gasteiger partial charge in [-0.15, -0.1) is 0 Å². The number of anilines is 1. The highest BCUT2D eigenvalue weighted by atomic mass is 19.1. The number of rotatable bonds is 11. The number of halogens is 2. The molecular weight excluding hydrogens is 512 g/mol. The molecule has 214 valence electrons. The van der Waals surface area contributed by atoms with Crippen LogP contribution in [0.2, 0.25) is 0 Å². The molecule has 1 aliphatic carbocycles. The zero-order valence-corrected chi connectivity index (χ0v) is 23.7. The minimum Gasteiger partial charge on any atom is -0.343 e. The highest BCUT2D eigenvalue weighted by Crippen LogP contribution is 2.26. The van der Waals surface area contributed by atoms with E-state index in [4.69, 9.17) is 0 Å². The quantitative estimate of drug-likeness (QED) is 0.357. The van der Waals surface area contributed by atoms with E-state index in [2.05, 4.69) is 15.6 Å². The summed E-state index contributed by atoms with van der Waals surface area (Å²) < 4.78 is 29.7. The molecule has 2 N–H and O–H groups in total. The van der Waals surface area contributed by atoms with Crippen molar-refractivity contribution in [3.8, 4) is 0 Å². The minimum absolute atomic E-state index is 0.0612. The van der Waals surface area contributed by atoms with E-state index in [1.165, 1.54) is 11.6 Å². The van der Waals surface area contributed by atoms with Crippen molar-refractivity contribution in [1.82, 2.24) is 19.8 Å². The molecule has 4 rings (SSSR count). The van der Waals surface area contributed by atoms with Crippen LogP contribution in [0.5, 0.6) is 0 Å². The summed E-state index contributed by atoms with van der Waals surface area (Å²) in [6.45, 7) is 6.24. The Balaban J connectivity index is 1.37. The Kier molecular flexibility index (Phi) is 9.35. The highest BCUT2D eigenvalue weighted by molar-refractivity contribution is 5.94. The van der Waals surface area contributed by atoms with Gasteiger partial charge in [-0.25, -0.2) is 13.8 Å². The first-order valence-corrected chi connectivity index (χ1v) is 14.0. The lowest BCUT2D eigenvalue weighted by molar-refractivity contribution is -0.137. The number of carbonyl (C=O) groups is 2. The second-order valence-electron chi connectivity index (χ2n) is 11.1. The van der Waals surface area contributed by atoms with Gasteiger partial charge in [-0.2, -0.15) is 0 Å². The van der Waals surface area contributed by atoms with E-state index in [1.807, 2.05) is 51.1 Å². The number of hydrogen-bond acceptors (Lipinski definition) is 4. The largest absolute Gasteiger partial charge is 0.343 e. The predicted molar refractivity (Wildman–Crippen MR) is 152 cm³/mol.